The maximum Gasteiger partial charge on any atom is 0.325 e. The Morgan fingerprint density at radius 1 is 0.667 bits per heavy atom. The van der Waals surface area contributed by atoms with Crippen LogP contribution in [0.15, 0.2) is 60.7 Å². The Morgan fingerprint density at radius 2 is 1.04 bits per heavy atom. The van der Waals surface area contributed by atoms with Crippen molar-refractivity contribution in [2.24, 2.45) is 0 Å². The van der Waals surface area contributed by atoms with Crippen molar-refractivity contribution in [1.29, 1.82) is 0 Å². The zero-order chi connectivity index (χ0) is 19.5. The van der Waals surface area contributed by atoms with E-state index in [1.54, 1.807) is 24.3 Å². The first-order valence-corrected chi connectivity index (χ1v) is 9.12. The van der Waals surface area contributed by atoms with Crippen LogP contribution in [0.25, 0.3) is 0 Å². The SMILES string of the molecule is O=C(O)[C@H](NCCCCCN[C@@H](C(=O)O)c1ccccc1)c1ccccc1. The quantitative estimate of drug-likeness (QED) is 0.429. The van der Waals surface area contributed by atoms with E-state index in [0.717, 1.165) is 30.4 Å². The average Bonchev–Trinajstić information content (AvgIpc) is 2.67. The Morgan fingerprint density at radius 3 is 1.37 bits per heavy atom. The second kappa shape index (κ2) is 11.1. The first kappa shape index (κ1) is 20.6. The van der Waals surface area contributed by atoms with Crippen LogP contribution >= 0.6 is 0 Å². The molecule has 0 aromatic heterocycles. The molecular weight excluding hydrogens is 344 g/mol. The van der Waals surface area contributed by atoms with Crippen molar-refractivity contribution < 1.29 is 19.8 Å². The first-order chi connectivity index (χ1) is 13.1. The topological polar surface area (TPSA) is 98.7 Å². The standard InChI is InChI=1S/C21H26N2O4/c24-20(25)18(16-10-4-1-5-11-16)22-14-8-3-9-15-23-19(21(26)27)17-12-6-2-7-13-17/h1-2,4-7,10-13,18-19,22-23H,3,8-9,14-15H2,(H,24,25)(H,26,27)/t18-,19-/m1/s1. The predicted octanol–water partition coefficient (Wildman–Crippen LogP) is 2.99. The molecule has 0 amide bonds. The molecule has 0 bridgehead atoms. The Kier molecular flexibility index (Phi) is 8.48. The smallest absolute Gasteiger partial charge is 0.325 e. The second-order valence-electron chi connectivity index (χ2n) is 6.33. The molecule has 27 heavy (non-hydrogen) atoms. The molecule has 0 saturated carbocycles. The Labute approximate surface area is 159 Å². The summed E-state index contributed by atoms with van der Waals surface area (Å²) < 4.78 is 0. The van der Waals surface area contributed by atoms with Gasteiger partial charge in [-0.05, 0) is 37.1 Å². The van der Waals surface area contributed by atoms with Crippen LogP contribution in [0.3, 0.4) is 0 Å². The van der Waals surface area contributed by atoms with Gasteiger partial charge in [-0.1, -0.05) is 67.1 Å². The van der Waals surface area contributed by atoms with Gasteiger partial charge in [0.25, 0.3) is 0 Å². The maximum atomic E-state index is 11.4. The van der Waals surface area contributed by atoms with Crippen LogP contribution in [0.4, 0.5) is 0 Å². The Balaban J connectivity index is 1.68. The van der Waals surface area contributed by atoms with Gasteiger partial charge >= 0.3 is 11.9 Å². The number of carboxylic acids is 2. The molecule has 0 aliphatic carbocycles. The van der Waals surface area contributed by atoms with Crippen molar-refractivity contribution >= 4 is 11.9 Å². The minimum atomic E-state index is -0.893. The molecular formula is C21H26N2O4. The third-order valence-corrected chi connectivity index (χ3v) is 4.31. The largest absolute Gasteiger partial charge is 0.480 e. The highest BCUT2D eigenvalue weighted by Gasteiger charge is 2.19. The van der Waals surface area contributed by atoms with E-state index in [0.29, 0.717) is 13.1 Å². The molecule has 4 N–H and O–H groups in total. The molecule has 0 fully saturated rings. The van der Waals surface area contributed by atoms with Crippen molar-refractivity contribution in [2.45, 2.75) is 31.3 Å². The lowest BCUT2D eigenvalue weighted by atomic mass is 10.1. The molecule has 2 aromatic rings. The summed E-state index contributed by atoms with van der Waals surface area (Å²) in [5.41, 5.74) is 1.47. The van der Waals surface area contributed by atoms with Gasteiger partial charge in [0.15, 0.2) is 0 Å². The van der Waals surface area contributed by atoms with Gasteiger partial charge in [0.05, 0.1) is 0 Å². The summed E-state index contributed by atoms with van der Waals surface area (Å²) in [6.07, 6.45) is 2.52. The molecule has 0 saturated heterocycles. The lowest BCUT2D eigenvalue weighted by Gasteiger charge is -2.16. The number of unbranched alkanes of at least 4 members (excludes halogenated alkanes) is 2. The van der Waals surface area contributed by atoms with Gasteiger partial charge in [0.1, 0.15) is 12.1 Å². The van der Waals surface area contributed by atoms with Crippen molar-refractivity contribution in [3.63, 3.8) is 0 Å². The molecule has 0 aliphatic heterocycles. The summed E-state index contributed by atoms with van der Waals surface area (Å²) in [6.45, 7) is 1.18. The molecule has 6 heteroatoms. The van der Waals surface area contributed by atoms with Crippen LogP contribution in [0.5, 0.6) is 0 Å². The summed E-state index contributed by atoms with van der Waals surface area (Å²) >= 11 is 0. The summed E-state index contributed by atoms with van der Waals surface area (Å²) in [5.74, 6) is -1.79. The van der Waals surface area contributed by atoms with E-state index in [9.17, 15) is 19.8 Å². The van der Waals surface area contributed by atoms with Crippen molar-refractivity contribution in [1.82, 2.24) is 10.6 Å². The summed E-state index contributed by atoms with van der Waals surface area (Å²) in [5, 5.41) is 24.9. The van der Waals surface area contributed by atoms with Crippen molar-refractivity contribution in [3.05, 3.63) is 71.8 Å². The fraction of sp³-hybridized carbons (Fsp3) is 0.333. The molecule has 2 atom stereocenters. The van der Waals surface area contributed by atoms with Gasteiger partial charge in [-0.25, -0.2) is 0 Å². The van der Waals surface area contributed by atoms with Crippen LogP contribution in [0, 0.1) is 0 Å². The number of rotatable bonds is 12. The van der Waals surface area contributed by atoms with Crippen LogP contribution < -0.4 is 10.6 Å². The van der Waals surface area contributed by atoms with Gasteiger partial charge in [-0.2, -0.15) is 0 Å². The zero-order valence-corrected chi connectivity index (χ0v) is 15.2. The van der Waals surface area contributed by atoms with E-state index in [-0.39, 0.29) is 0 Å². The van der Waals surface area contributed by atoms with Gasteiger partial charge < -0.3 is 20.8 Å². The van der Waals surface area contributed by atoms with E-state index in [2.05, 4.69) is 10.6 Å². The normalized spacial score (nSPS) is 13.0. The fourth-order valence-corrected chi connectivity index (χ4v) is 2.91. The third kappa shape index (κ3) is 6.84. The molecule has 2 rings (SSSR count). The molecule has 0 heterocycles. The molecule has 0 aliphatic rings. The average molecular weight is 370 g/mol. The minimum Gasteiger partial charge on any atom is -0.480 e. The molecule has 6 nitrogen and oxygen atoms in total. The molecule has 2 aromatic carbocycles. The van der Waals surface area contributed by atoms with Crippen LogP contribution in [-0.4, -0.2) is 35.2 Å². The fourth-order valence-electron chi connectivity index (χ4n) is 2.91. The molecule has 0 unspecified atom stereocenters. The number of hydrogen-bond donors (Lipinski definition) is 4. The molecule has 0 spiro atoms. The second-order valence-corrected chi connectivity index (χ2v) is 6.33. The van der Waals surface area contributed by atoms with Crippen LogP contribution in [0.1, 0.15) is 42.5 Å². The Hall–Kier alpha value is -2.70. The maximum absolute atomic E-state index is 11.4. The summed E-state index contributed by atoms with van der Waals surface area (Å²) in [7, 11) is 0. The highest BCUT2D eigenvalue weighted by atomic mass is 16.4. The number of carboxylic acid groups (broad SMARTS) is 2. The summed E-state index contributed by atoms with van der Waals surface area (Å²) in [4.78, 5) is 22.8. The predicted molar refractivity (Wildman–Crippen MR) is 103 cm³/mol. The van der Waals surface area contributed by atoms with E-state index in [1.807, 2.05) is 36.4 Å². The van der Waals surface area contributed by atoms with E-state index >= 15 is 0 Å². The number of hydrogen-bond acceptors (Lipinski definition) is 4. The zero-order valence-electron chi connectivity index (χ0n) is 15.2. The molecule has 0 radical (unpaired) electrons. The Bertz CT molecular complexity index is 645. The van der Waals surface area contributed by atoms with Gasteiger partial charge in [0.2, 0.25) is 0 Å². The monoisotopic (exact) mass is 370 g/mol. The van der Waals surface area contributed by atoms with Crippen molar-refractivity contribution in [3.8, 4) is 0 Å². The van der Waals surface area contributed by atoms with E-state index < -0.39 is 24.0 Å². The number of aliphatic carboxylic acids is 2. The highest BCUT2D eigenvalue weighted by Crippen LogP contribution is 2.14. The lowest BCUT2D eigenvalue weighted by Crippen LogP contribution is -2.30. The lowest BCUT2D eigenvalue weighted by molar-refractivity contribution is -0.140. The number of nitrogens with one attached hydrogen (secondary N) is 2. The van der Waals surface area contributed by atoms with Crippen molar-refractivity contribution in [2.75, 3.05) is 13.1 Å². The van der Waals surface area contributed by atoms with Gasteiger partial charge in [0, 0.05) is 0 Å². The van der Waals surface area contributed by atoms with Gasteiger partial charge in [-0.3, -0.25) is 9.59 Å². The number of benzene rings is 2. The van der Waals surface area contributed by atoms with E-state index in [1.165, 1.54) is 0 Å². The first-order valence-electron chi connectivity index (χ1n) is 9.12. The highest BCUT2D eigenvalue weighted by molar-refractivity contribution is 5.76. The molecule has 144 valence electrons. The van der Waals surface area contributed by atoms with Crippen LogP contribution in [0.2, 0.25) is 0 Å². The van der Waals surface area contributed by atoms with Crippen LogP contribution in [-0.2, 0) is 9.59 Å². The summed E-state index contributed by atoms with van der Waals surface area (Å²) in [6, 6.07) is 16.8. The minimum absolute atomic E-state index is 0.590. The number of carbonyl (C=O) groups is 2. The third-order valence-electron chi connectivity index (χ3n) is 4.31. The van der Waals surface area contributed by atoms with E-state index in [4.69, 9.17) is 0 Å². The van der Waals surface area contributed by atoms with Gasteiger partial charge in [-0.15, -0.1) is 0 Å².